The van der Waals surface area contributed by atoms with Gasteiger partial charge in [-0.15, -0.1) is 0 Å². The summed E-state index contributed by atoms with van der Waals surface area (Å²) >= 11 is 9.14. The van der Waals surface area contributed by atoms with Gasteiger partial charge < -0.3 is 10.4 Å². The summed E-state index contributed by atoms with van der Waals surface area (Å²) in [5, 5.41) is 12.7. The topological polar surface area (TPSA) is 62.2 Å². The van der Waals surface area contributed by atoms with Gasteiger partial charge in [-0.25, -0.2) is 9.78 Å². The Labute approximate surface area is 149 Å². The monoisotopic (exact) mass is 396 g/mol. The average Bonchev–Trinajstić information content (AvgIpc) is 2.47. The minimum absolute atomic E-state index is 0.0624. The lowest BCUT2D eigenvalue weighted by Crippen LogP contribution is -2.11. The average molecular weight is 398 g/mol. The number of carboxylic acid groups (broad SMARTS) is 1. The molecule has 0 aliphatic carbocycles. The second-order valence-corrected chi connectivity index (χ2v) is 7.42. The molecule has 0 unspecified atom stereocenters. The second-order valence-electron chi connectivity index (χ2n) is 6.26. The predicted octanol–water partition coefficient (Wildman–Crippen LogP) is 5.11. The van der Waals surface area contributed by atoms with Crippen molar-refractivity contribution in [3.8, 4) is 0 Å². The molecular weight excluding hydrogens is 380 g/mol. The lowest BCUT2D eigenvalue weighted by molar-refractivity contribution is 0.0691. The summed E-state index contributed by atoms with van der Waals surface area (Å²) in [7, 11) is 0. The van der Waals surface area contributed by atoms with Gasteiger partial charge in [-0.05, 0) is 38.5 Å². The summed E-state index contributed by atoms with van der Waals surface area (Å²) in [5.74, 6) is -1.10. The van der Waals surface area contributed by atoms with Crippen LogP contribution in [-0.2, 0) is 12.0 Å². The number of carbonyl (C=O) groups is 1. The standard InChI is InChI=1S/C17H18BrClN2O2/c1-17(2,3)11-6-4-10(5-7-11)9-20-13-8-12(19)15(18)21-14(13)16(22)23/h4-8,20H,9H2,1-3H3,(H,22,23). The normalized spacial score (nSPS) is 11.3. The number of nitrogens with zero attached hydrogens (tertiary/aromatic N) is 1. The first-order valence-corrected chi connectivity index (χ1v) is 8.28. The van der Waals surface area contributed by atoms with E-state index in [1.165, 1.54) is 5.56 Å². The SMILES string of the molecule is CC(C)(C)c1ccc(CNc2cc(Cl)c(Br)nc2C(=O)O)cc1. The quantitative estimate of drug-likeness (QED) is 0.704. The van der Waals surface area contributed by atoms with Crippen LogP contribution in [0.4, 0.5) is 5.69 Å². The zero-order chi connectivity index (χ0) is 17.2. The third kappa shape index (κ3) is 4.45. The molecule has 122 valence electrons. The van der Waals surface area contributed by atoms with Crippen LogP contribution in [0.15, 0.2) is 34.9 Å². The lowest BCUT2D eigenvalue weighted by Gasteiger charge is -2.19. The maximum Gasteiger partial charge on any atom is 0.356 e. The van der Waals surface area contributed by atoms with Gasteiger partial charge in [0, 0.05) is 6.54 Å². The molecule has 4 nitrogen and oxygen atoms in total. The highest BCUT2D eigenvalue weighted by molar-refractivity contribution is 9.10. The van der Waals surface area contributed by atoms with Crippen molar-refractivity contribution in [2.75, 3.05) is 5.32 Å². The van der Waals surface area contributed by atoms with Gasteiger partial charge in [0.15, 0.2) is 5.69 Å². The van der Waals surface area contributed by atoms with E-state index in [1.54, 1.807) is 6.07 Å². The van der Waals surface area contributed by atoms with Crippen molar-refractivity contribution in [1.29, 1.82) is 0 Å². The molecule has 0 bridgehead atoms. The number of benzene rings is 1. The minimum Gasteiger partial charge on any atom is -0.476 e. The third-order valence-corrected chi connectivity index (χ3v) is 4.56. The van der Waals surface area contributed by atoms with Gasteiger partial charge in [-0.2, -0.15) is 0 Å². The first kappa shape index (κ1) is 17.8. The Balaban J connectivity index is 2.18. The number of nitrogens with one attached hydrogen (secondary N) is 1. The number of anilines is 1. The fourth-order valence-corrected chi connectivity index (χ4v) is 2.53. The molecule has 0 radical (unpaired) electrons. The molecule has 23 heavy (non-hydrogen) atoms. The highest BCUT2D eigenvalue weighted by Gasteiger charge is 2.16. The van der Waals surface area contributed by atoms with E-state index in [-0.39, 0.29) is 11.1 Å². The summed E-state index contributed by atoms with van der Waals surface area (Å²) < 4.78 is 0.316. The van der Waals surface area contributed by atoms with Gasteiger partial charge in [0.2, 0.25) is 0 Å². The largest absolute Gasteiger partial charge is 0.476 e. The maximum absolute atomic E-state index is 11.3. The van der Waals surface area contributed by atoms with Crippen LogP contribution < -0.4 is 5.32 Å². The van der Waals surface area contributed by atoms with Crippen LogP contribution >= 0.6 is 27.5 Å². The number of halogens is 2. The summed E-state index contributed by atoms with van der Waals surface area (Å²) in [6, 6.07) is 9.79. The maximum atomic E-state index is 11.3. The van der Waals surface area contributed by atoms with Gasteiger partial charge >= 0.3 is 5.97 Å². The van der Waals surface area contributed by atoms with Crippen LogP contribution in [0.3, 0.4) is 0 Å². The van der Waals surface area contributed by atoms with Crippen molar-refractivity contribution in [2.45, 2.75) is 32.7 Å². The van der Waals surface area contributed by atoms with Crippen LogP contribution in [0.1, 0.15) is 42.4 Å². The molecule has 6 heteroatoms. The number of carboxylic acids is 1. The number of aromatic carboxylic acids is 1. The van der Waals surface area contributed by atoms with E-state index < -0.39 is 5.97 Å². The first-order valence-electron chi connectivity index (χ1n) is 7.11. The Bertz CT molecular complexity index is 725. The van der Waals surface area contributed by atoms with Gasteiger partial charge in [-0.1, -0.05) is 56.6 Å². The van der Waals surface area contributed by atoms with Crippen LogP contribution in [0.2, 0.25) is 5.02 Å². The smallest absolute Gasteiger partial charge is 0.356 e. The first-order chi connectivity index (χ1) is 10.7. The Morgan fingerprint density at radius 1 is 1.30 bits per heavy atom. The molecule has 0 amide bonds. The molecule has 0 atom stereocenters. The van der Waals surface area contributed by atoms with Crippen LogP contribution in [-0.4, -0.2) is 16.1 Å². The molecule has 2 aromatic rings. The number of pyridine rings is 1. The van der Waals surface area contributed by atoms with Crippen LogP contribution in [0.5, 0.6) is 0 Å². The van der Waals surface area contributed by atoms with E-state index in [0.29, 0.717) is 21.9 Å². The number of hydrogen-bond donors (Lipinski definition) is 2. The molecular formula is C17H18BrClN2O2. The van der Waals surface area contributed by atoms with Crippen molar-refractivity contribution in [3.63, 3.8) is 0 Å². The van der Waals surface area contributed by atoms with E-state index >= 15 is 0 Å². The molecule has 1 heterocycles. The van der Waals surface area contributed by atoms with E-state index in [1.807, 2.05) is 12.1 Å². The Morgan fingerprint density at radius 2 is 1.91 bits per heavy atom. The highest BCUT2D eigenvalue weighted by Crippen LogP contribution is 2.27. The van der Waals surface area contributed by atoms with Gasteiger partial charge in [-0.3, -0.25) is 0 Å². The fraction of sp³-hybridized carbons (Fsp3) is 0.294. The van der Waals surface area contributed by atoms with E-state index in [0.717, 1.165) is 5.56 Å². The summed E-state index contributed by atoms with van der Waals surface area (Å²) in [4.78, 5) is 15.2. The molecule has 0 saturated heterocycles. The van der Waals surface area contributed by atoms with Gasteiger partial charge in [0.25, 0.3) is 0 Å². The second kappa shape index (κ2) is 6.89. The van der Waals surface area contributed by atoms with Gasteiger partial charge in [0.1, 0.15) is 4.60 Å². The Kier molecular flexibility index (Phi) is 5.32. The molecule has 2 rings (SSSR count). The lowest BCUT2D eigenvalue weighted by atomic mass is 9.87. The minimum atomic E-state index is -1.10. The summed E-state index contributed by atoms with van der Waals surface area (Å²) in [6.07, 6.45) is 0. The molecule has 0 aliphatic heterocycles. The molecule has 0 saturated carbocycles. The van der Waals surface area contributed by atoms with Crippen LogP contribution in [0, 0.1) is 0 Å². The van der Waals surface area contributed by atoms with Crippen molar-refractivity contribution >= 4 is 39.2 Å². The Morgan fingerprint density at radius 3 is 2.43 bits per heavy atom. The molecule has 2 N–H and O–H groups in total. The zero-order valence-electron chi connectivity index (χ0n) is 13.2. The fourth-order valence-electron chi connectivity index (χ4n) is 2.08. The molecule has 1 aromatic carbocycles. The zero-order valence-corrected chi connectivity index (χ0v) is 15.5. The molecule has 1 aromatic heterocycles. The summed E-state index contributed by atoms with van der Waals surface area (Å²) in [6.45, 7) is 6.98. The van der Waals surface area contributed by atoms with E-state index in [2.05, 4.69) is 59.1 Å². The van der Waals surface area contributed by atoms with Gasteiger partial charge in [0.05, 0.1) is 10.7 Å². The number of hydrogen-bond acceptors (Lipinski definition) is 3. The van der Waals surface area contributed by atoms with E-state index in [9.17, 15) is 9.90 Å². The van der Waals surface area contributed by atoms with Crippen molar-refractivity contribution in [3.05, 3.63) is 56.8 Å². The molecule has 0 fully saturated rings. The Hall–Kier alpha value is -1.59. The number of aromatic nitrogens is 1. The van der Waals surface area contributed by atoms with Crippen molar-refractivity contribution in [1.82, 2.24) is 4.98 Å². The molecule has 0 aliphatic rings. The van der Waals surface area contributed by atoms with E-state index in [4.69, 9.17) is 11.6 Å². The predicted molar refractivity (Wildman–Crippen MR) is 96.4 cm³/mol. The van der Waals surface area contributed by atoms with Crippen LogP contribution in [0.25, 0.3) is 0 Å². The third-order valence-electron chi connectivity index (χ3n) is 3.44. The highest BCUT2D eigenvalue weighted by atomic mass is 79.9. The number of rotatable bonds is 4. The molecule has 0 spiro atoms. The van der Waals surface area contributed by atoms with Crippen molar-refractivity contribution < 1.29 is 9.90 Å². The van der Waals surface area contributed by atoms with Crippen molar-refractivity contribution in [2.24, 2.45) is 0 Å². The summed E-state index contributed by atoms with van der Waals surface area (Å²) in [5.41, 5.74) is 2.73.